The van der Waals surface area contributed by atoms with E-state index in [2.05, 4.69) is 54.6 Å². The van der Waals surface area contributed by atoms with Crippen molar-refractivity contribution in [1.82, 2.24) is 14.9 Å². The van der Waals surface area contributed by atoms with E-state index in [0.717, 1.165) is 18.1 Å². The van der Waals surface area contributed by atoms with Gasteiger partial charge in [0.1, 0.15) is 5.82 Å². The van der Waals surface area contributed by atoms with Gasteiger partial charge in [0.05, 0.1) is 0 Å². The fraction of sp³-hybridized carbons (Fsp3) is 0.769. The monoisotopic (exact) mass is 255 g/mol. The zero-order chi connectivity index (χ0) is 12.7. The highest BCUT2D eigenvalue weighted by atomic mass is 32.2. The lowest BCUT2D eigenvalue weighted by Gasteiger charge is -2.17. The van der Waals surface area contributed by atoms with Crippen LogP contribution in [0.4, 0.5) is 0 Å². The third-order valence-corrected chi connectivity index (χ3v) is 4.70. The van der Waals surface area contributed by atoms with E-state index in [1.165, 1.54) is 18.0 Å². The third-order valence-electron chi connectivity index (χ3n) is 3.20. The van der Waals surface area contributed by atoms with E-state index < -0.39 is 0 Å². The standard InChI is InChI=1S/C13H25N3S/c1-5-11(2)17-10-12(14-3)6-7-13-15-8-9-16(13)4/h8-9,11-12,14H,5-7,10H2,1-4H3. The van der Waals surface area contributed by atoms with Crippen molar-refractivity contribution in [3.63, 3.8) is 0 Å². The molecule has 1 heterocycles. The van der Waals surface area contributed by atoms with Crippen LogP contribution < -0.4 is 5.32 Å². The largest absolute Gasteiger partial charge is 0.338 e. The number of thioether (sulfide) groups is 1. The van der Waals surface area contributed by atoms with Crippen LogP contribution in [0.5, 0.6) is 0 Å². The number of nitrogens with zero attached hydrogens (tertiary/aromatic N) is 2. The first-order chi connectivity index (χ1) is 8.17. The van der Waals surface area contributed by atoms with Crippen LogP contribution in [0.1, 0.15) is 32.5 Å². The van der Waals surface area contributed by atoms with E-state index >= 15 is 0 Å². The molecular weight excluding hydrogens is 230 g/mol. The van der Waals surface area contributed by atoms with Crippen molar-refractivity contribution >= 4 is 11.8 Å². The van der Waals surface area contributed by atoms with E-state index in [0.29, 0.717) is 6.04 Å². The zero-order valence-corrected chi connectivity index (χ0v) is 12.3. The molecule has 0 bridgehead atoms. The number of aromatic nitrogens is 2. The maximum atomic E-state index is 4.36. The normalized spacial score (nSPS) is 14.8. The summed E-state index contributed by atoms with van der Waals surface area (Å²) in [4.78, 5) is 4.36. The second-order valence-corrected chi connectivity index (χ2v) is 6.00. The van der Waals surface area contributed by atoms with Gasteiger partial charge in [-0.3, -0.25) is 0 Å². The van der Waals surface area contributed by atoms with Gasteiger partial charge in [-0.2, -0.15) is 11.8 Å². The topological polar surface area (TPSA) is 29.9 Å². The second kappa shape index (κ2) is 7.77. The highest BCUT2D eigenvalue weighted by Crippen LogP contribution is 2.16. The van der Waals surface area contributed by atoms with Crippen LogP contribution in [0, 0.1) is 0 Å². The van der Waals surface area contributed by atoms with Crippen molar-refractivity contribution in [2.75, 3.05) is 12.8 Å². The van der Waals surface area contributed by atoms with Crippen LogP contribution in [-0.2, 0) is 13.5 Å². The molecule has 1 aromatic rings. The van der Waals surface area contributed by atoms with Crippen molar-refractivity contribution in [1.29, 1.82) is 0 Å². The molecule has 1 N–H and O–H groups in total. The molecule has 3 nitrogen and oxygen atoms in total. The van der Waals surface area contributed by atoms with Gasteiger partial charge >= 0.3 is 0 Å². The first kappa shape index (κ1) is 14.6. The Morgan fingerprint density at radius 3 is 2.82 bits per heavy atom. The summed E-state index contributed by atoms with van der Waals surface area (Å²) in [6, 6.07) is 0.589. The maximum absolute atomic E-state index is 4.36. The summed E-state index contributed by atoms with van der Waals surface area (Å²) in [5.74, 6) is 2.37. The fourth-order valence-electron chi connectivity index (χ4n) is 1.65. The van der Waals surface area contributed by atoms with Gasteiger partial charge in [0.15, 0.2) is 0 Å². The fourth-order valence-corrected chi connectivity index (χ4v) is 2.78. The SMILES string of the molecule is CCC(C)SCC(CCc1nccn1C)NC. The molecule has 0 radical (unpaired) electrons. The van der Waals surface area contributed by atoms with Crippen LogP contribution in [0.15, 0.2) is 12.4 Å². The zero-order valence-electron chi connectivity index (χ0n) is 11.4. The van der Waals surface area contributed by atoms with Crippen LogP contribution >= 0.6 is 11.8 Å². The molecule has 0 fully saturated rings. The lowest BCUT2D eigenvalue weighted by atomic mass is 10.2. The molecule has 0 aliphatic heterocycles. The number of hydrogen-bond donors (Lipinski definition) is 1. The van der Waals surface area contributed by atoms with Gasteiger partial charge in [-0.05, 0) is 19.9 Å². The minimum absolute atomic E-state index is 0.589. The van der Waals surface area contributed by atoms with Crippen LogP contribution in [0.3, 0.4) is 0 Å². The summed E-state index contributed by atoms with van der Waals surface area (Å²) in [6.07, 6.45) is 7.34. The molecule has 0 saturated heterocycles. The van der Waals surface area contributed by atoms with Crippen molar-refractivity contribution in [3.8, 4) is 0 Å². The van der Waals surface area contributed by atoms with E-state index in [1.54, 1.807) is 0 Å². The molecule has 0 amide bonds. The summed E-state index contributed by atoms with van der Waals surface area (Å²) >= 11 is 2.06. The Morgan fingerprint density at radius 1 is 1.53 bits per heavy atom. The average molecular weight is 255 g/mol. The first-order valence-corrected chi connectivity index (χ1v) is 7.47. The summed E-state index contributed by atoms with van der Waals surface area (Å²) in [6.45, 7) is 4.55. The van der Waals surface area contributed by atoms with Crippen molar-refractivity contribution in [2.45, 2.75) is 44.4 Å². The molecule has 17 heavy (non-hydrogen) atoms. The van der Waals surface area contributed by atoms with E-state index in [4.69, 9.17) is 0 Å². The molecule has 1 rings (SSSR count). The summed E-state index contributed by atoms with van der Waals surface area (Å²) in [7, 11) is 4.12. The Hall–Kier alpha value is -0.480. The van der Waals surface area contributed by atoms with Crippen LogP contribution in [0.2, 0.25) is 0 Å². The second-order valence-electron chi connectivity index (χ2n) is 4.53. The van der Waals surface area contributed by atoms with Gasteiger partial charge in [0.25, 0.3) is 0 Å². The van der Waals surface area contributed by atoms with Crippen molar-refractivity contribution < 1.29 is 0 Å². The quantitative estimate of drug-likeness (QED) is 0.774. The number of hydrogen-bond acceptors (Lipinski definition) is 3. The number of nitrogens with one attached hydrogen (secondary N) is 1. The van der Waals surface area contributed by atoms with Gasteiger partial charge < -0.3 is 9.88 Å². The Bertz CT molecular complexity index is 311. The van der Waals surface area contributed by atoms with Crippen molar-refractivity contribution in [3.05, 3.63) is 18.2 Å². The lowest BCUT2D eigenvalue weighted by Crippen LogP contribution is -2.29. The molecule has 1 aromatic heterocycles. The molecule has 0 aliphatic carbocycles. The van der Waals surface area contributed by atoms with E-state index in [-0.39, 0.29) is 0 Å². The summed E-state index contributed by atoms with van der Waals surface area (Å²) in [5.41, 5.74) is 0. The molecular formula is C13H25N3S. The van der Waals surface area contributed by atoms with Gasteiger partial charge in [-0.1, -0.05) is 13.8 Å². The molecule has 0 spiro atoms. The number of imidazole rings is 1. The summed E-state index contributed by atoms with van der Waals surface area (Å²) in [5, 5.41) is 4.17. The minimum atomic E-state index is 0.589. The Balaban J connectivity index is 2.30. The van der Waals surface area contributed by atoms with Gasteiger partial charge in [0.2, 0.25) is 0 Å². The van der Waals surface area contributed by atoms with E-state index in [9.17, 15) is 0 Å². The molecule has 0 saturated carbocycles. The van der Waals surface area contributed by atoms with Crippen LogP contribution in [0.25, 0.3) is 0 Å². The molecule has 0 aliphatic rings. The Kier molecular flexibility index (Phi) is 6.66. The predicted molar refractivity (Wildman–Crippen MR) is 76.6 cm³/mol. The molecule has 0 aromatic carbocycles. The third kappa shape index (κ3) is 5.13. The molecule has 98 valence electrons. The highest BCUT2D eigenvalue weighted by molar-refractivity contribution is 7.99. The smallest absolute Gasteiger partial charge is 0.108 e. The van der Waals surface area contributed by atoms with E-state index in [1.807, 2.05) is 12.4 Å². The number of rotatable bonds is 8. The maximum Gasteiger partial charge on any atom is 0.108 e. The first-order valence-electron chi connectivity index (χ1n) is 6.42. The predicted octanol–water partition coefficient (Wildman–Crippen LogP) is 2.47. The molecule has 2 unspecified atom stereocenters. The average Bonchev–Trinajstić information content (AvgIpc) is 2.75. The van der Waals surface area contributed by atoms with Gasteiger partial charge in [-0.15, -0.1) is 0 Å². The highest BCUT2D eigenvalue weighted by Gasteiger charge is 2.10. The Labute approximate surface area is 109 Å². The summed E-state index contributed by atoms with van der Waals surface area (Å²) < 4.78 is 2.11. The van der Waals surface area contributed by atoms with Crippen molar-refractivity contribution in [2.24, 2.45) is 7.05 Å². The molecule has 2 atom stereocenters. The van der Waals surface area contributed by atoms with Crippen LogP contribution in [-0.4, -0.2) is 33.6 Å². The van der Waals surface area contributed by atoms with Gasteiger partial charge in [0, 0.05) is 42.9 Å². The van der Waals surface area contributed by atoms with Gasteiger partial charge in [-0.25, -0.2) is 4.98 Å². The number of aryl methyl sites for hydroxylation is 2. The lowest BCUT2D eigenvalue weighted by molar-refractivity contribution is 0.557. The Morgan fingerprint density at radius 2 is 2.29 bits per heavy atom. The molecule has 4 heteroatoms. The minimum Gasteiger partial charge on any atom is -0.338 e.